The summed E-state index contributed by atoms with van der Waals surface area (Å²) in [6, 6.07) is 15.6. The van der Waals surface area contributed by atoms with Crippen LogP contribution in [0.1, 0.15) is 18.9 Å². The minimum absolute atomic E-state index is 0.324. The second-order valence-electron chi connectivity index (χ2n) is 5.97. The molecule has 0 bridgehead atoms. The zero-order valence-electron chi connectivity index (χ0n) is 15.3. The molecule has 3 aromatic rings. The van der Waals surface area contributed by atoms with Gasteiger partial charge in [0.25, 0.3) is 0 Å². The Morgan fingerprint density at radius 1 is 1.22 bits per heavy atom. The first kappa shape index (κ1) is 18.3. The van der Waals surface area contributed by atoms with E-state index in [1.165, 1.54) is 0 Å². The Morgan fingerprint density at radius 2 is 2.00 bits per heavy atom. The van der Waals surface area contributed by atoms with Crippen LogP contribution in [0.15, 0.2) is 42.5 Å². The second kappa shape index (κ2) is 8.28. The van der Waals surface area contributed by atoms with Crippen molar-refractivity contribution in [3.8, 4) is 23.1 Å². The summed E-state index contributed by atoms with van der Waals surface area (Å²) >= 11 is 0. The molecule has 1 heterocycles. The molecule has 27 heavy (non-hydrogen) atoms. The number of H-pyrrole nitrogens is 1. The van der Waals surface area contributed by atoms with E-state index in [0.717, 1.165) is 33.5 Å². The fraction of sp³-hybridized carbons (Fsp3) is 0.238. The van der Waals surface area contributed by atoms with E-state index < -0.39 is 6.09 Å². The van der Waals surface area contributed by atoms with Crippen LogP contribution in [0.4, 0.5) is 10.5 Å². The smallest absolute Gasteiger partial charge is 0.411 e. The lowest BCUT2D eigenvalue weighted by Gasteiger charge is -2.07. The van der Waals surface area contributed by atoms with E-state index in [1.54, 1.807) is 14.0 Å². The van der Waals surface area contributed by atoms with Crippen LogP contribution in [0, 0.1) is 11.3 Å². The van der Waals surface area contributed by atoms with Crippen molar-refractivity contribution in [3.05, 3.63) is 48.0 Å². The normalized spacial score (nSPS) is 10.4. The summed E-state index contributed by atoms with van der Waals surface area (Å²) in [6.07, 6.45) is 0.618. The topological polar surface area (TPSA) is 87.1 Å². The van der Waals surface area contributed by atoms with Gasteiger partial charge in [-0.1, -0.05) is 12.1 Å². The van der Waals surface area contributed by atoms with E-state index in [-0.39, 0.29) is 0 Å². The molecule has 0 spiro atoms. The number of rotatable bonds is 6. The molecule has 0 aliphatic rings. The monoisotopic (exact) mass is 363 g/mol. The van der Waals surface area contributed by atoms with Crippen molar-refractivity contribution in [1.29, 1.82) is 5.26 Å². The van der Waals surface area contributed by atoms with Gasteiger partial charge < -0.3 is 14.5 Å². The third kappa shape index (κ3) is 4.04. The molecule has 2 aromatic carbocycles. The molecule has 0 aliphatic heterocycles. The number of fused-ring (bicyclic) bond motifs is 1. The van der Waals surface area contributed by atoms with Crippen molar-refractivity contribution in [2.24, 2.45) is 0 Å². The Labute approximate surface area is 157 Å². The van der Waals surface area contributed by atoms with E-state index in [4.69, 9.17) is 14.7 Å². The number of aryl methyl sites for hydroxylation is 1. The molecule has 1 aromatic heterocycles. The Morgan fingerprint density at radius 3 is 2.67 bits per heavy atom. The predicted molar refractivity (Wildman–Crippen MR) is 105 cm³/mol. The van der Waals surface area contributed by atoms with Crippen LogP contribution in [0.3, 0.4) is 0 Å². The van der Waals surface area contributed by atoms with Gasteiger partial charge in [-0.2, -0.15) is 5.26 Å². The lowest BCUT2D eigenvalue weighted by atomic mass is 10.0. The number of carbonyl (C=O) groups is 1. The highest BCUT2D eigenvalue weighted by Gasteiger charge is 2.14. The van der Waals surface area contributed by atoms with Gasteiger partial charge in [0.05, 0.1) is 19.8 Å². The molecule has 1 amide bonds. The number of nitrogens with one attached hydrogen (secondary N) is 2. The molecule has 0 saturated heterocycles. The van der Waals surface area contributed by atoms with Gasteiger partial charge in [0.15, 0.2) is 0 Å². The van der Waals surface area contributed by atoms with Gasteiger partial charge >= 0.3 is 6.09 Å². The van der Waals surface area contributed by atoms with E-state index in [2.05, 4.69) is 16.4 Å². The fourth-order valence-corrected chi connectivity index (χ4v) is 3.05. The highest BCUT2D eigenvalue weighted by molar-refractivity contribution is 5.92. The standard InChI is InChI=1S/C21H21N3O3/c1-3-27-21(25)23-15-8-6-14(7-9-15)20-18(5-4-12-22)17-11-10-16(26-2)13-19(17)24-20/h6-11,13,24H,3-5H2,1-2H3,(H,23,25). The van der Waals surface area contributed by atoms with Crippen LogP contribution in [0.5, 0.6) is 5.75 Å². The van der Waals surface area contributed by atoms with Gasteiger partial charge in [0.2, 0.25) is 0 Å². The lowest BCUT2D eigenvalue weighted by Crippen LogP contribution is -2.13. The van der Waals surface area contributed by atoms with Crippen LogP contribution in [0.25, 0.3) is 22.2 Å². The molecule has 3 rings (SSSR count). The quantitative estimate of drug-likeness (QED) is 0.654. The van der Waals surface area contributed by atoms with Crippen molar-refractivity contribution in [2.75, 3.05) is 19.0 Å². The summed E-state index contributed by atoms with van der Waals surface area (Å²) in [4.78, 5) is 15.0. The first-order valence-corrected chi connectivity index (χ1v) is 8.76. The molecule has 6 heteroatoms. The largest absolute Gasteiger partial charge is 0.497 e. The highest BCUT2D eigenvalue weighted by Crippen LogP contribution is 2.33. The molecule has 2 N–H and O–H groups in total. The highest BCUT2D eigenvalue weighted by atomic mass is 16.5. The van der Waals surface area contributed by atoms with Gasteiger partial charge in [-0.3, -0.25) is 5.32 Å². The molecule has 0 radical (unpaired) electrons. The molecule has 0 unspecified atom stereocenters. The maximum atomic E-state index is 11.5. The van der Waals surface area contributed by atoms with Crippen LogP contribution in [0.2, 0.25) is 0 Å². The Hall–Kier alpha value is -3.46. The SMILES string of the molecule is CCOC(=O)Nc1ccc(-c2[nH]c3cc(OC)ccc3c2CCC#N)cc1. The van der Waals surface area contributed by atoms with Gasteiger partial charge in [-0.25, -0.2) is 4.79 Å². The number of ether oxygens (including phenoxy) is 2. The number of hydrogen-bond acceptors (Lipinski definition) is 4. The van der Waals surface area contributed by atoms with E-state index in [9.17, 15) is 4.79 Å². The van der Waals surface area contributed by atoms with E-state index >= 15 is 0 Å². The molecular formula is C21H21N3O3. The first-order chi connectivity index (χ1) is 13.2. The first-order valence-electron chi connectivity index (χ1n) is 8.76. The van der Waals surface area contributed by atoms with Crippen molar-refractivity contribution < 1.29 is 14.3 Å². The van der Waals surface area contributed by atoms with Gasteiger partial charge in [0.1, 0.15) is 5.75 Å². The number of amides is 1. The average Bonchev–Trinajstić information content (AvgIpc) is 3.04. The summed E-state index contributed by atoms with van der Waals surface area (Å²) in [7, 11) is 1.64. The van der Waals surface area contributed by atoms with Crippen LogP contribution >= 0.6 is 0 Å². The van der Waals surface area contributed by atoms with Crippen LogP contribution in [-0.4, -0.2) is 24.8 Å². The summed E-state index contributed by atoms with van der Waals surface area (Å²) in [5.74, 6) is 0.774. The maximum Gasteiger partial charge on any atom is 0.411 e. The third-order valence-electron chi connectivity index (χ3n) is 4.30. The number of aromatic amines is 1. The van der Waals surface area contributed by atoms with Gasteiger partial charge in [0, 0.05) is 34.8 Å². The molecule has 138 valence electrons. The minimum Gasteiger partial charge on any atom is -0.497 e. The second-order valence-corrected chi connectivity index (χ2v) is 5.97. The number of hydrogen-bond donors (Lipinski definition) is 2. The number of benzene rings is 2. The zero-order chi connectivity index (χ0) is 19.2. The molecule has 6 nitrogen and oxygen atoms in total. The summed E-state index contributed by atoms with van der Waals surface area (Å²) in [6.45, 7) is 2.08. The number of anilines is 1. The maximum absolute atomic E-state index is 11.5. The molecule has 0 atom stereocenters. The number of aromatic nitrogens is 1. The van der Waals surface area contributed by atoms with Crippen molar-refractivity contribution >= 4 is 22.7 Å². The van der Waals surface area contributed by atoms with Crippen molar-refractivity contribution in [2.45, 2.75) is 19.8 Å². The van der Waals surface area contributed by atoms with Crippen molar-refractivity contribution in [1.82, 2.24) is 4.98 Å². The molecule has 0 fully saturated rings. The average molecular weight is 363 g/mol. The third-order valence-corrected chi connectivity index (χ3v) is 4.30. The van der Waals surface area contributed by atoms with Crippen LogP contribution in [-0.2, 0) is 11.2 Å². The minimum atomic E-state index is -0.474. The Kier molecular flexibility index (Phi) is 5.62. The number of methoxy groups -OCH3 is 1. The lowest BCUT2D eigenvalue weighted by molar-refractivity contribution is 0.168. The summed E-state index contributed by atoms with van der Waals surface area (Å²) in [5.41, 5.74) is 4.67. The van der Waals surface area contributed by atoms with Gasteiger partial charge in [-0.05, 0) is 48.7 Å². The van der Waals surface area contributed by atoms with E-state index in [0.29, 0.717) is 25.1 Å². The van der Waals surface area contributed by atoms with Gasteiger partial charge in [-0.15, -0.1) is 0 Å². The molecule has 0 saturated carbocycles. The summed E-state index contributed by atoms with van der Waals surface area (Å²) < 4.78 is 10.2. The van der Waals surface area contributed by atoms with E-state index in [1.807, 2.05) is 42.5 Å². The predicted octanol–water partition coefficient (Wildman–Crippen LogP) is 4.87. The fourth-order valence-electron chi connectivity index (χ4n) is 3.05. The molecular weight excluding hydrogens is 342 g/mol. The van der Waals surface area contributed by atoms with Crippen molar-refractivity contribution in [3.63, 3.8) is 0 Å². The number of carbonyl (C=O) groups excluding carboxylic acids is 1. The Bertz CT molecular complexity index is 984. The number of nitrogens with zero attached hydrogens (tertiary/aromatic N) is 1. The Balaban J connectivity index is 1.97. The summed E-state index contributed by atoms with van der Waals surface area (Å²) in [5, 5.41) is 12.8. The zero-order valence-corrected chi connectivity index (χ0v) is 15.3. The van der Waals surface area contributed by atoms with Crippen LogP contribution < -0.4 is 10.1 Å². The number of nitriles is 1. The molecule has 0 aliphatic carbocycles.